The van der Waals surface area contributed by atoms with Crippen molar-refractivity contribution in [2.45, 2.75) is 6.42 Å². The molecule has 0 unspecified atom stereocenters. The number of anilines is 1. The van der Waals surface area contributed by atoms with E-state index in [0.29, 0.717) is 11.6 Å². The van der Waals surface area contributed by atoms with Crippen LogP contribution in [-0.2, 0) is 6.42 Å². The molecule has 90 valence electrons. The summed E-state index contributed by atoms with van der Waals surface area (Å²) in [5.41, 5.74) is 0. The van der Waals surface area contributed by atoms with Crippen LogP contribution >= 0.6 is 38.9 Å². The second-order valence-corrected chi connectivity index (χ2v) is 6.35. The maximum absolute atomic E-state index is 13.4. The average molecular weight is 336 g/mol. The van der Waals surface area contributed by atoms with Crippen molar-refractivity contribution in [1.29, 1.82) is 0 Å². The topological polar surface area (TPSA) is 24.9 Å². The molecular formula is C11H9BrClFN2S. The van der Waals surface area contributed by atoms with Crippen molar-refractivity contribution < 1.29 is 4.39 Å². The summed E-state index contributed by atoms with van der Waals surface area (Å²) in [6.07, 6.45) is 2.26. The van der Waals surface area contributed by atoms with Crippen molar-refractivity contribution in [1.82, 2.24) is 4.98 Å². The summed E-state index contributed by atoms with van der Waals surface area (Å²) in [4.78, 5) is 5.13. The average Bonchev–Trinajstić information content (AvgIpc) is 2.68. The van der Waals surface area contributed by atoms with Gasteiger partial charge in [0.2, 0.25) is 0 Å². The highest BCUT2D eigenvalue weighted by Crippen LogP contribution is 2.22. The summed E-state index contributed by atoms with van der Waals surface area (Å²) in [5.74, 6) is -0.185. The number of nitrogens with one attached hydrogen (secondary N) is 1. The van der Waals surface area contributed by atoms with Crippen molar-refractivity contribution in [3.05, 3.63) is 43.9 Å². The summed E-state index contributed by atoms with van der Waals surface area (Å²) in [5, 5.41) is 3.25. The molecule has 6 heteroatoms. The highest BCUT2D eigenvalue weighted by Gasteiger charge is 2.04. The monoisotopic (exact) mass is 334 g/mol. The zero-order valence-corrected chi connectivity index (χ0v) is 11.9. The van der Waals surface area contributed by atoms with Crippen LogP contribution in [0.15, 0.2) is 28.2 Å². The van der Waals surface area contributed by atoms with Crippen LogP contribution in [0.3, 0.4) is 0 Å². The molecule has 0 aliphatic heterocycles. The first-order valence-corrected chi connectivity index (χ1v) is 6.93. The molecule has 17 heavy (non-hydrogen) atoms. The van der Waals surface area contributed by atoms with Gasteiger partial charge >= 0.3 is 0 Å². The maximum Gasteiger partial charge on any atom is 0.166 e. The largest absolute Gasteiger partial charge is 0.367 e. The Morgan fingerprint density at radius 3 is 2.94 bits per heavy atom. The molecule has 0 atom stereocenters. The predicted octanol–water partition coefficient (Wildman–Crippen LogP) is 4.35. The number of hydrogen-bond acceptors (Lipinski definition) is 3. The van der Waals surface area contributed by atoms with E-state index >= 15 is 0 Å². The Labute approximate surface area is 116 Å². The first-order valence-electron chi connectivity index (χ1n) is 4.94. The molecule has 2 nitrogen and oxygen atoms in total. The van der Waals surface area contributed by atoms with Gasteiger partial charge in [0.1, 0.15) is 0 Å². The third-order valence-electron chi connectivity index (χ3n) is 2.10. The Bertz CT molecular complexity index is 518. The number of aromatic nitrogens is 1. The molecule has 0 aliphatic rings. The van der Waals surface area contributed by atoms with Crippen LogP contribution in [0.4, 0.5) is 10.2 Å². The smallest absolute Gasteiger partial charge is 0.166 e. The van der Waals surface area contributed by atoms with E-state index in [2.05, 4.69) is 26.2 Å². The molecule has 2 heterocycles. The lowest BCUT2D eigenvalue weighted by atomic mass is 10.3. The van der Waals surface area contributed by atoms with Gasteiger partial charge in [-0.05, 0) is 40.5 Å². The van der Waals surface area contributed by atoms with E-state index in [4.69, 9.17) is 11.6 Å². The quantitative estimate of drug-likeness (QED) is 0.898. The summed E-state index contributed by atoms with van der Waals surface area (Å²) in [7, 11) is 0. The van der Waals surface area contributed by atoms with Gasteiger partial charge in [0, 0.05) is 17.6 Å². The third-order valence-corrected chi connectivity index (χ3v) is 3.99. The van der Waals surface area contributed by atoms with Crippen LogP contribution in [0, 0.1) is 5.82 Å². The molecule has 0 aliphatic carbocycles. The highest BCUT2D eigenvalue weighted by molar-refractivity contribution is 9.11. The fourth-order valence-electron chi connectivity index (χ4n) is 1.33. The van der Waals surface area contributed by atoms with E-state index < -0.39 is 5.82 Å². The second kappa shape index (κ2) is 5.80. The molecule has 1 N–H and O–H groups in total. The normalized spacial score (nSPS) is 10.5. The van der Waals surface area contributed by atoms with Crippen LogP contribution in [0.1, 0.15) is 4.88 Å². The van der Waals surface area contributed by atoms with Crippen molar-refractivity contribution in [3.8, 4) is 0 Å². The van der Waals surface area contributed by atoms with Gasteiger partial charge < -0.3 is 5.32 Å². The van der Waals surface area contributed by atoms with Crippen LogP contribution in [-0.4, -0.2) is 11.5 Å². The van der Waals surface area contributed by atoms with Crippen molar-refractivity contribution in [2.24, 2.45) is 0 Å². The zero-order chi connectivity index (χ0) is 12.3. The van der Waals surface area contributed by atoms with E-state index in [1.54, 1.807) is 11.3 Å². The molecule has 2 rings (SSSR count). The van der Waals surface area contributed by atoms with Gasteiger partial charge in [-0.1, -0.05) is 11.6 Å². The molecule has 0 aromatic carbocycles. The number of pyridine rings is 1. The molecule has 2 aromatic rings. The molecule has 0 fully saturated rings. The fourth-order valence-corrected chi connectivity index (χ4v) is 2.96. The minimum absolute atomic E-state index is 0.241. The highest BCUT2D eigenvalue weighted by atomic mass is 79.9. The first kappa shape index (κ1) is 12.8. The number of halogens is 3. The first-order chi connectivity index (χ1) is 8.15. The van der Waals surface area contributed by atoms with Gasteiger partial charge in [-0.25, -0.2) is 9.37 Å². The lowest BCUT2D eigenvalue weighted by molar-refractivity contribution is 0.624. The van der Waals surface area contributed by atoms with Gasteiger partial charge in [0.15, 0.2) is 11.6 Å². The number of nitrogens with zero attached hydrogens (tertiary/aromatic N) is 1. The molecule has 0 amide bonds. The molecule has 0 radical (unpaired) electrons. The van der Waals surface area contributed by atoms with Crippen molar-refractivity contribution in [2.75, 3.05) is 11.9 Å². The SMILES string of the molecule is Fc1cc(Cl)cnc1NCCc1ccc(Br)s1. The number of thiophene rings is 1. The summed E-state index contributed by atoms with van der Waals surface area (Å²) >= 11 is 10.7. The summed E-state index contributed by atoms with van der Waals surface area (Å²) in [6, 6.07) is 5.29. The third kappa shape index (κ3) is 3.66. The van der Waals surface area contributed by atoms with Crippen molar-refractivity contribution in [3.63, 3.8) is 0 Å². The van der Waals surface area contributed by atoms with Crippen LogP contribution in [0.2, 0.25) is 5.02 Å². The Kier molecular flexibility index (Phi) is 4.36. The molecular weight excluding hydrogens is 327 g/mol. The number of rotatable bonds is 4. The zero-order valence-electron chi connectivity index (χ0n) is 8.71. The molecule has 0 saturated heterocycles. The molecule has 0 bridgehead atoms. The van der Waals surface area contributed by atoms with E-state index in [9.17, 15) is 4.39 Å². The Hall–Kier alpha value is -0.650. The lowest BCUT2D eigenvalue weighted by Crippen LogP contribution is -2.07. The van der Waals surface area contributed by atoms with Crippen LogP contribution in [0.5, 0.6) is 0 Å². The van der Waals surface area contributed by atoms with Gasteiger partial charge in [0.25, 0.3) is 0 Å². The molecule has 0 spiro atoms. The Morgan fingerprint density at radius 1 is 1.47 bits per heavy atom. The van der Waals surface area contributed by atoms with Crippen LogP contribution in [0.25, 0.3) is 0 Å². The van der Waals surface area contributed by atoms with E-state index in [1.165, 1.54) is 17.1 Å². The maximum atomic E-state index is 13.4. The standard InChI is InChI=1S/C11H9BrClFN2S/c12-10-2-1-8(17-10)3-4-15-11-9(14)5-7(13)6-16-11/h1-2,5-6H,3-4H2,(H,15,16). The minimum atomic E-state index is -0.426. The van der Waals surface area contributed by atoms with Crippen molar-refractivity contribution >= 4 is 44.7 Å². The fraction of sp³-hybridized carbons (Fsp3) is 0.182. The summed E-state index contributed by atoms with van der Waals surface area (Å²) in [6.45, 7) is 0.637. The minimum Gasteiger partial charge on any atom is -0.367 e. The van der Waals surface area contributed by atoms with Crippen LogP contribution < -0.4 is 5.32 Å². The predicted molar refractivity (Wildman–Crippen MR) is 73.4 cm³/mol. The van der Waals surface area contributed by atoms with Gasteiger partial charge in [0.05, 0.1) is 8.81 Å². The summed E-state index contributed by atoms with van der Waals surface area (Å²) < 4.78 is 14.5. The van der Waals surface area contributed by atoms with Gasteiger partial charge in [-0.15, -0.1) is 11.3 Å². The molecule has 2 aromatic heterocycles. The second-order valence-electron chi connectivity index (χ2n) is 3.37. The van der Waals surface area contributed by atoms with E-state index in [-0.39, 0.29) is 5.82 Å². The van der Waals surface area contributed by atoms with E-state index in [0.717, 1.165) is 10.2 Å². The van der Waals surface area contributed by atoms with Gasteiger partial charge in [-0.3, -0.25) is 0 Å². The Balaban J connectivity index is 1.90. The van der Waals surface area contributed by atoms with E-state index in [1.807, 2.05) is 12.1 Å². The lowest BCUT2D eigenvalue weighted by Gasteiger charge is -2.05. The van der Waals surface area contributed by atoms with Gasteiger partial charge in [-0.2, -0.15) is 0 Å². The number of hydrogen-bond donors (Lipinski definition) is 1. The Morgan fingerprint density at radius 2 is 2.29 bits per heavy atom. The molecule has 0 saturated carbocycles.